The zero-order chi connectivity index (χ0) is 25.5. The zero-order valence-corrected chi connectivity index (χ0v) is 19.9. The van der Waals surface area contributed by atoms with Gasteiger partial charge in [-0.25, -0.2) is 19.7 Å². The van der Waals surface area contributed by atoms with Crippen molar-refractivity contribution in [2.24, 2.45) is 0 Å². The summed E-state index contributed by atoms with van der Waals surface area (Å²) < 4.78 is 17.7. The Labute approximate surface area is 210 Å². The van der Waals surface area contributed by atoms with Gasteiger partial charge in [-0.05, 0) is 18.9 Å². The third-order valence-electron chi connectivity index (χ3n) is 6.76. The van der Waals surface area contributed by atoms with Gasteiger partial charge in [-0.1, -0.05) is 0 Å². The Kier molecular flexibility index (Phi) is 5.79. The van der Waals surface area contributed by atoms with Gasteiger partial charge in [0.25, 0.3) is 11.5 Å². The molecule has 0 radical (unpaired) electrons. The van der Waals surface area contributed by atoms with Crippen LogP contribution in [0.15, 0.2) is 29.3 Å². The quantitative estimate of drug-likeness (QED) is 0.475. The number of ether oxygens (including phenoxy) is 3. The Balaban J connectivity index is 1.11. The molecule has 14 nitrogen and oxygen atoms in total. The van der Waals surface area contributed by atoms with Crippen molar-refractivity contribution in [3.8, 4) is 11.8 Å². The van der Waals surface area contributed by atoms with Crippen LogP contribution in [0.25, 0.3) is 11.0 Å². The topological polar surface area (TPSA) is 163 Å². The third-order valence-corrected chi connectivity index (χ3v) is 6.76. The van der Waals surface area contributed by atoms with Crippen molar-refractivity contribution < 1.29 is 23.8 Å². The second-order valence-corrected chi connectivity index (χ2v) is 9.00. The molecule has 3 aromatic rings. The van der Waals surface area contributed by atoms with E-state index >= 15 is 0 Å². The van der Waals surface area contributed by atoms with Gasteiger partial charge in [0.1, 0.15) is 11.8 Å². The van der Waals surface area contributed by atoms with Crippen molar-refractivity contribution in [2.45, 2.75) is 44.0 Å². The molecule has 6 rings (SSSR count). The summed E-state index contributed by atoms with van der Waals surface area (Å²) >= 11 is 0. The highest BCUT2D eigenvalue weighted by atomic mass is 16.6. The first kappa shape index (κ1) is 23.1. The lowest BCUT2D eigenvalue weighted by atomic mass is 9.88. The van der Waals surface area contributed by atoms with Crippen molar-refractivity contribution in [3.05, 3.63) is 34.9 Å². The molecule has 3 atom stereocenters. The van der Waals surface area contributed by atoms with E-state index in [2.05, 4.69) is 30.6 Å². The lowest BCUT2D eigenvalue weighted by Crippen LogP contribution is -2.47. The number of nitrogens with zero attached hydrogens (tertiary/aromatic N) is 6. The highest BCUT2D eigenvalue weighted by Gasteiger charge is 2.47. The molecule has 2 aliphatic heterocycles. The third kappa shape index (κ3) is 4.28. The molecular weight excluding hydrogens is 484 g/mol. The lowest BCUT2D eigenvalue weighted by Gasteiger charge is -2.32. The highest BCUT2D eigenvalue weighted by molar-refractivity contribution is 5.95. The molecular formula is C23H24N8O6. The number of carbonyl (C=O) groups is 2. The van der Waals surface area contributed by atoms with Crippen molar-refractivity contribution in [3.63, 3.8) is 0 Å². The second-order valence-electron chi connectivity index (χ2n) is 9.00. The number of anilines is 2. The summed E-state index contributed by atoms with van der Waals surface area (Å²) in [5.41, 5.74) is 0.350. The number of carbonyl (C=O) groups excluding carboxylic acids is 2. The van der Waals surface area contributed by atoms with Crippen molar-refractivity contribution in [1.82, 2.24) is 29.8 Å². The second kappa shape index (κ2) is 9.28. The summed E-state index contributed by atoms with van der Waals surface area (Å²) in [4.78, 5) is 55.3. The molecule has 192 valence electrons. The first-order chi connectivity index (χ1) is 18.0. The van der Waals surface area contributed by atoms with E-state index in [4.69, 9.17) is 14.2 Å². The first-order valence-electron chi connectivity index (χ1n) is 11.9. The van der Waals surface area contributed by atoms with E-state index < -0.39 is 6.09 Å². The number of hydrogen-bond acceptors (Lipinski definition) is 11. The van der Waals surface area contributed by atoms with Crippen LogP contribution < -0.4 is 30.6 Å². The monoisotopic (exact) mass is 508 g/mol. The predicted octanol–water partition coefficient (Wildman–Crippen LogP) is 0.457. The van der Waals surface area contributed by atoms with Crippen LogP contribution >= 0.6 is 0 Å². The van der Waals surface area contributed by atoms with Gasteiger partial charge in [0, 0.05) is 43.2 Å². The normalized spacial score (nSPS) is 22.6. The first-order valence-corrected chi connectivity index (χ1v) is 11.9. The Morgan fingerprint density at radius 2 is 2.05 bits per heavy atom. The average molecular weight is 508 g/mol. The molecule has 0 spiro atoms. The van der Waals surface area contributed by atoms with Gasteiger partial charge in [0.05, 0.1) is 19.3 Å². The van der Waals surface area contributed by atoms with Gasteiger partial charge < -0.3 is 24.8 Å². The fourth-order valence-corrected chi connectivity index (χ4v) is 5.01. The molecule has 14 heteroatoms. The van der Waals surface area contributed by atoms with Crippen LogP contribution in [0.3, 0.4) is 0 Å². The number of fused-ring (bicyclic) bond motifs is 3. The maximum Gasteiger partial charge on any atom is 0.417 e. The van der Waals surface area contributed by atoms with Gasteiger partial charge in [0.15, 0.2) is 18.2 Å². The fourth-order valence-electron chi connectivity index (χ4n) is 5.01. The summed E-state index contributed by atoms with van der Waals surface area (Å²) in [6.07, 6.45) is 4.30. The number of pyridine rings is 1. The van der Waals surface area contributed by atoms with Crippen LogP contribution in [0.2, 0.25) is 0 Å². The maximum absolute atomic E-state index is 12.7. The number of rotatable bonds is 6. The van der Waals surface area contributed by atoms with E-state index in [0.29, 0.717) is 37.3 Å². The summed E-state index contributed by atoms with van der Waals surface area (Å²) in [5.74, 6) is 0.444. The number of nitrogens with one attached hydrogen (secondary N) is 2. The minimum absolute atomic E-state index is 0.0981. The summed E-state index contributed by atoms with van der Waals surface area (Å²) in [6, 6.07) is 3.27. The Hall–Kier alpha value is -4.33. The van der Waals surface area contributed by atoms with Gasteiger partial charge >= 0.3 is 12.1 Å². The Morgan fingerprint density at radius 1 is 1.16 bits per heavy atom. The van der Waals surface area contributed by atoms with E-state index in [0.717, 1.165) is 11.8 Å². The zero-order valence-electron chi connectivity index (χ0n) is 19.9. The minimum Gasteiger partial charge on any atom is -0.478 e. The van der Waals surface area contributed by atoms with Gasteiger partial charge in [-0.3, -0.25) is 14.2 Å². The van der Waals surface area contributed by atoms with E-state index in [1.165, 1.54) is 24.3 Å². The largest absolute Gasteiger partial charge is 0.478 e. The van der Waals surface area contributed by atoms with Crippen LogP contribution in [-0.2, 0) is 16.1 Å². The number of amides is 2. The molecule has 2 N–H and O–H groups in total. The Bertz CT molecular complexity index is 1440. The molecule has 1 saturated carbocycles. The number of methoxy groups -OCH3 is 1. The molecule has 37 heavy (non-hydrogen) atoms. The maximum atomic E-state index is 12.7. The standard InChI is InChI=1S/C23H24N8O6/c1-35-22-26-9-12-2-5-18(33)30(20(12)29-22)7-6-24-13-3-4-14-15(8-13)37-23(34)31(14)21-25-10-16-19(28-21)27-17(32)11-36-16/h2,5,9-10,13-15,24H,3-4,6-8,11H2,1H3,(H,25,27,28,32)/t13-,14-,15-/m1/s1. The van der Waals surface area contributed by atoms with Gasteiger partial charge in [-0.2, -0.15) is 9.97 Å². The highest BCUT2D eigenvalue weighted by Crippen LogP contribution is 2.36. The van der Waals surface area contributed by atoms with E-state index in [9.17, 15) is 14.4 Å². The number of aromatic nitrogens is 5. The molecule has 3 aliphatic rings. The molecule has 1 saturated heterocycles. The van der Waals surface area contributed by atoms with E-state index in [-0.39, 0.29) is 54.0 Å². The summed E-state index contributed by atoms with van der Waals surface area (Å²) in [7, 11) is 1.48. The predicted molar refractivity (Wildman–Crippen MR) is 129 cm³/mol. The molecule has 2 fully saturated rings. The van der Waals surface area contributed by atoms with Crippen LogP contribution in [0.1, 0.15) is 19.3 Å². The van der Waals surface area contributed by atoms with Gasteiger partial charge in [0.2, 0.25) is 5.95 Å². The van der Waals surface area contributed by atoms with Crippen molar-refractivity contribution >= 4 is 34.8 Å². The number of hydrogen-bond donors (Lipinski definition) is 2. The average Bonchev–Trinajstić information content (AvgIpc) is 3.24. The summed E-state index contributed by atoms with van der Waals surface area (Å²) in [6.45, 7) is 0.833. The molecule has 0 unspecified atom stereocenters. The molecule has 2 amide bonds. The molecule has 3 aromatic heterocycles. The molecule has 0 bridgehead atoms. The van der Waals surface area contributed by atoms with E-state index in [1.54, 1.807) is 16.8 Å². The Morgan fingerprint density at radius 3 is 2.92 bits per heavy atom. The fraction of sp³-hybridized carbons (Fsp3) is 0.435. The summed E-state index contributed by atoms with van der Waals surface area (Å²) in [5, 5.41) is 6.86. The van der Waals surface area contributed by atoms with E-state index in [1.807, 2.05) is 0 Å². The van der Waals surface area contributed by atoms with Crippen LogP contribution in [0, 0.1) is 0 Å². The molecule has 1 aliphatic carbocycles. The minimum atomic E-state index is -0.519. The molecule has 0 aromatic carbocycles. The molecule has 5 heterocycles. The SMILES string of the molecule is COc1ncc2ccc(=O)n(CCN[C@@H]3CC[C@@H]4[C@@H](C3)OC(=O)N4c3ncc4c(n3)NC(=O)CO4)c2n1. The smallest absolute Gasteiger partial charge is 0.417 e. The van der Waals surface area contributed by atoms with Crippen LogP contribution in [0.4, 0.5) is 16.6 Å². The van der Waals surface area contributed by atoms with Crippen LogP contribution in [0.5, 0.6) is 11.8 Å². The van der Waals surface area contributed by atoms with Crippen molar-refractivity contribution in [2.75, 3.05) is 30.5 Å². The van der Waals surface area contributed by atoms with Gasteiger partial charge in [-0.15, -0.1) is 0 Å². The van der Waals surface area contributed by atoms with Crippen LogP contribution in [-0.4, -0.2) is 75.0 Å². The van der Waals surface area contributed by atoms with Crippen molar-refractivity contribution in [1.29, 1.82) is 0 Å². The lowest BCUT2D eigenvalue weighted by molar-refractivity contribution is -0.118.